The van der Waals surface area contributed by atoms with Crippen LogP contribution in [0, 0.1) is 0 Å². The van der Waals surface area contributed by atoms with Crippen LogP contribution >= 0.6 is 46.4 Å². The van der Waals surface area contributed by atoms with Gasteiger partial charge in [0, 0.05) is 6.04 Å². The summed E-state index contributed by atoms with van der Waals surface area (Å²) in [6, 6.07) is 11.2. The first-order chi connectivity index (χ1) is 9.54. The van der Waals surface area contributed by atoms with E-state index in [1.807, 2.05) is 31.3 Å². The third kappa shape index (κ3) is 3.41. The molecule has 1 N–H and O–H groups in total. The highest BCUT2D eigenvalue weighted by Gasteiger charge is 2.17. The lowest BCUT2D eigenvalue weighted by molar-refractivity contribution is 0.592. The summed E-state index contributed by atoms with van der Waals surface area (Å²) >= 11 is 24.6. The molecule has 0 saturated heterocycles. The van der Waals surface area contributed by atoms with Crippen LogP contribution in [0.15, 0.2) is 36.4 Å². The maximum Gasteiger partial charge on any atom is 0.0640 e. The van der Waals surface area contributed by atoms with Crippen LogP contribution in [0.2, 0.25) is 20.1 Å². The predicted molar refractivity (Wildman–Crippen MR) is 88.4 cm³/mol. The Hall–Kier alpha value is -0.440. The van der Waals surface area contributed by atoms with E-state index in [9.17, 15) is 0 Å². The topological polar surface area (TPSA) is 12.0 Å². The van der Waals surface area contributed by atoms with Gasteiger partial charge in [-0.2, -0.15) is 0 Å². The Balaban J connectivity index is 2.34. The lowest BCUT2D eigenvalue weighted by atomic mass is 9.99. The standard InChI is InChI=1S/C15H13Cl4N/c1-20-13(10-5-3-7-12(17)15(10)19)8-9-4-2-6-11(16)14(9)18/h2-7,13,20H,8H2,1H3. The van der Waals surface area contributed by atoms with Gasteiger partial charge in [-0.1, -0.05) is 70.7 Å². The monoisotopic (exact) mass is 347 g/mol. The van der Waals surface area contributed by atoms with Gasteiger partial charge in [-0.3, -0.25) is 0 Å². The van der Waals surface area contributed by atoms with Gasteiger partial charge in [0.1, 0.15) is 0 Å². The van der Waals surface area contributed by atoms with Crippen molar-refractivity contribution >= 4 is 46.4 Å². The molecule has 20 heavy (non-hydrogen) atoms. The molecular weight excluding hydrogens is 336 g/mol. The summed E-state index contributed by atoms with van der Waals surface area (Å²) in [5.41, 5.74) is 1.91. The van der Waals surface area contributed by atoms with Crippen molar-refractivity contribution in [3.05, 3.63) is 67.6 Å². The molecular formula is C15H13Cl4N. The fourth-order valence-electron chi connectivity index (χ4n) is 2.08. The summed E-state index contributed by atoms with van der Waals surface area (Å²) in [6.45, 7) is 0. The van der Waals surface area contributed by atoms with Crippen LogP contribution in [0.5, 0.6) is 0 Å². The Labute approximate surface area is 138 Å². The lowest BCUT2D eigenvalue weighted by Gasteiger charge is -2.19. The van der Waals surface area contributed by atoms with Crippen molar-refractivity contribution in [3.8, 4) is 0 Å². The second-order valence-corrected chi connectivity index (χ2v) is 5.97. The molecule has 0 fully saturated rings. The average Bonchev–Trinajstić information content (AvgIpc) is 2.44. The third-order valence-corrected chi connectivity index (χ3v) is 4.85. The molecule has 0 radical (unpaired) electrons. The van der Waals surface area contributed by atoms with Crippen LogP contribution in [0.1, 0.15) is 17.2 Å². The molecule has 0 aliphatic rings. The predicted octanol–water partition coefficient (Wildman–Crippen LogP) is 5.80. The molecule has 0 spiro atoms. The molecule has 2 aromatic rings. The molecule has 5 heteroatoms. The molecule has 0 aromatic heterocycles. The van der Waals surface area contributed by atoms with Crippen molar-refractivity contribution in [2.45, 2.75) is 12.5 Å². The quantitative estimate of drug-likeness (QED) is 0.735. The summed E-state index contributed by atoms with van der Waals surface area (Å²) in [4.78, 5) is 0. The van der Waals surface area contributed by atoms with E-state index < -0.39 is 0 Å². The van der Waals surface area contributed by atoms with Crippen molar-refractivity contribution in [1.29, 1.82) is 0 Å². The van der Waals surface area contributed by atoms with Crippen molar-refractivity contribution in [3.63, 3.8) is 0 Å². The van der Waals surface area contributed by atoms with Gasteiger partial charge in [0.2, 0.25) is 0 Å². The van der Waals surface area contributed by atoms with Crippen LogP contribution in [0.25, 0.3) is 0 Å². The van der Waals surface area contributed by atoms with Gasteiger partial charge in [0.15, 0.2) is 0 Å². The highest BCUT2D eigenvalue weighted by Crippen LogP contribution is 2.34. The maximum atomic E-state index is 6.27. The number of halogens is 4. The molecule has 0 aliphatic heterocycles. The minimum absolute atomic E-state index is 0.0113. The van der Waals surface area contributed by atoms with E-state index in [0.29, 0.717) is 26.5 Å². The molecule has 2 aromatic carbocycles. The van der Waals surface area contributed by atoms with Crippen LogP contribution < -0.4 is 5.32 Å². The summed E-state index contributed by atoms with van der Waals surface area (Å²) in [5, 5.41) is 5.47. The molecule has 0 amide bonds. The minimum atomic E-state index is 0.0113. The van der Waals surface area contributed by atoms with Crippen molar-refractivity contribution in [2.75, 3.05) is 7.05 Å². The van der Waals surface area contributed by atoms with E-state index in [4.69, 9.17) is 46.4 Å². The normalized spacial score (nSPS) is 12.4. The van der Waals surface area contributed by atoms with Crippen LogP contribution in [-0.2, 0) is 6.42 Å². The van der Waals surface area contributed by atoms with Gasteiger partial charge in [-0.05, 0) is 36.7 Å². The fourth-order valence-corrected chi connectivity index (χ4v) is 2.92. The summed E-state index contributed by atoms with van der Waals surface area (Å²) in [6.07, 6.45) is 0.677. The highest BCUT2D eigenvalue weighted by molar-refractivity contribution is 6.43. The van der Waals surface area contributed by atoms with Crippen LogP contribution in [0.3, 0.4) is 0 Å². The molecule has 0 aliphatic carbocycles. The SMILES string of the molecule is CNC(Cc1cccc(Cl)c1Cl)c1cccc(Cl)c1Cl. The maximum absolute atomic E-state index is 6.27. The zero-order chi connectivity index (χ0) is 14.7. The van der Waals surface area contributed by atoms with Crippen LogP contribution in [-0.4, -0.2) is 7.05 Å². The number of hydrogen-bond donors (Lipinski definition) is 1. The van der Waals surface area contributed by atoms with Crippen molar-refractivity contribution in [1.82, 2.24) is 5.32 Å². The van der Waals surface area contributed by atoms with Crippen LogP contribution in [0.4, 0.5) is 0 Å². The first-order valence-electron chi connectivity index (χ1n) is 6.08. The Morgan fingerprint density at radius 1 is 0.900 bits per heavy atom. The number of nitrogens with one attached hydrogen (secondary N) is 1. The lowest BCUT2D eigenvalue weighted by Crippen LogP contribution is -2.19. The minimum Gasteiger partial charge on any atom is -0.313 e. The first-order valence-corrected chi connectivity index (χ1v) is 7.59. The molecule has 0 saturated carbocycles. The third-order valence-electron chi connectivity index (χ3n) is 3.16. The molecule has 106 valence electrons. The van der Waals surface area contributed by atoms with Gasteiger partial charge >= 0.3 is 0 Å². The van der Waals surface area contributed by atoms with E-state index in [1.165, 1.54) is 0 Å². The van der Waals surface area contributed by atoms with Crippen molar-refractivity contribution < 1.29 is 0 Å². The Morgan fingerprint density at radius 2 is 1.50 bits per heavy atom. The Morgan fingerprint density at radius 3 is 2.15 bits per heavy atom. The molecule has 1 atom stereocenters. The van der Waals surface area contributed by atoms with Gasteiger partial charge < -0.3 is 5.32 Å². The smallest absolute Gasteiger partial charge is 0.0640 e. The van der Waals surface area contributed by atoms with E-state index in [-0.39, 0.29) is 6.04 Å². The van der Waals surface area contributed by atoms with E-state index in [1.54, 1.807) is 12.1 Å². The zero-order valence-electron chi connectivity index (χ0n) is 10.8. The number of hydrogen-bond acceptors (Lipinski definition) is 1. The van der Waals surface area contributed by atoms with Gasteiger partial charge in [0.25, 0.3) is 0 Å². The number of benzene rings is 2. The molecule has 1 unspecified atom stereocenters. The van der Waals surface area contributed by atoms with Gasteiger partial charge in [-0.25, -0.2) is 0 Å². The second-order valence-electron chi connectivity index (χ2n) is 4.40. The zero-order valence-corrected chi connectivity index (χ0v) is 13.8. The average molecular weight is 349 g/mol. The fraction of sp³-hybridized carbons (Fsp3) is 0.200. The summed E-state index contributed by atoms with van der Waals surface area (Å²) in [5.74, 6) is 0. The number of rotatable bonds is 4. The Kier molecular flexibility index (Phi) is 5.59. The highest BCUT2D eigenvalue weighted by atomic mass is 35.5. The first kappa shape index (κ1) is 15.9. The molecule has 2 rings (SSSR count). The van der Waals surface area contributed by atoms with Gasteiger partial charge in [-0.15, -0.1) is 0 Å². The molecule has 0 bridgehead atoms. The van der Waals surface area contributed by atoms with E-state index >= 15 is 0 Å². The molecule has 0 heterocycles. The number of likely N-dealkylation sites (N-methyl/N-ethyl adjacent to an activating group) is 1. The summed E-state index contributed by atoms with van der Waals surface area (Å²) in [7, 11) is 1.88. The van der Waals surface area contributed by atoms with E-state index in [0.717, 1.165) is 11.1 Å². The van der Waals surface area contributed by atoms with Crippen molar-refractivity contribution in [2.24, 2.45) is 0 Å². The summed E-state index contributed by atoms with van der Waals surface area (Å²) < 4.78 is 0. The molecule has 1 nitrogen and oxygen atoms in total. The second kappa shape index (κ2) is 7.02. The van der Waals surface area contributed by atoms with Gasteiger partial charge in [0.05, 0.1) is 20.1 Å². The Bertz CT molecular complexity index is 613. The largest absolute Gasteiger partial charge is 0.313 e. The van der Waals surface area contributed by atoms with E-state index in [2.05, 4.69) is 5.32 Å².